The third-order valence-corrected chi connectivity index (χ3v) is 11.4. The molecule has 0 saturated carbocycles. The number of aromatic nitrogens is 4. The van der Waals surface area contributed by atoms with Crippen LogP contribution in [0.1, 0.15) is 6.85 Å². The van der Waals surface area contributed by atoms with E-state index >= 15 is 0 Å². The van der Waals surface area contributed by atoms with Gasteiger partial charge in [0.1, 0.15) is 5.82 Å². The molecule has 3 heterocycles. The van der Waals surface area contributed by atoms with Crippen LogP contribution in [0.4, 0.5) is 0 Å². The van der Waals surface area contributed by atoms with E-state index in [1.54, 1.807) is 0 Å². The van der Waals surface area contributed by atoms with E-state index in [1.807, 2.05) is 54.6 Å². The molecule has 9 aromatic carbocycles. The normalized spacial score (nSPS) is 13.0. The number of hydrogen-bond donors (Lipinski definition) is 0. The molecule has 0 unspecified atom stereocenters. The molecule has 4 heteroatoms. The molecule has 0 aliphatic carbocycles. The van der Waals surface area contributed by atoms with Crippen LogP contribution in [0.25, 0.3) is 110 Å². The second-order valence-electron chi connectivity index (χ2n) is 14.7. The Morgan fingerprint density at radius 1 is 0.362 bits per heavy atom. The number of para-hydroxylation sites is 2. The molecule has 270 valence electrons. The summed E-state index contributed by atoms with van der Waals surface area (Å²) in [5, 5.41) is 7.37. The van der Waals surface area contributed by atoms with Gasteiger partial charge in [-0.3, -0.25) is 4.57 Å². The highest BCUT2D eigenvalue weighted by Crippen LogP contribution is 2.40. The summed E-state index contributed by atoms with van der Waals surface area (Å²) in [6.45, 7) is 0. The van der Waals surface area contributed by atoms with Crippen LogP contribution in [0.3, 0.4) is 0 Å². The highest BCUT2D eigenvalue weighted by atomic mass is 15.1. The third-order valence-electron chi connectivity index (χ3n) is 11.4. The lowest BCUT2D eigenvalue weighted by Gasteiger charge is -2.15. The Labute approximate surface area is 341 Å². The SMILES string of the molecule is [2H]c1c([2H])c([2H])c(-c2ccc3c(-n4c5cc(-c6ccccc6)ccc5c5cc6ccccc6cc54)nc(-c4ccc5c6ccccc6n(-c6ccccc6)c5c4)nc3c2)c([2H])c1[2H]. The minimum absolute atomic E-state index is 0.120. The summed E-state index contributed by atoms with van der Waals surface area (Å²) in [4.78, 5) is 10.8. The van der Waals surface area contributed by atoms with Crippen molar-refractivity contribution in [1.82, 2.24) is 19.1 Å². The molecule has 0 bridgehead atoms. The smallest absolute Gasteiger partial charge is 0.162 e. The Balaban J connectivity index is 1.19. The Morgan fingerprint density at radius 2 is 0.948 bits per heavy atom. The number of rotatable bonds is 5. The van der Waals surface area contributed by atoms with Crippen LogP contribution < -0.4 is 0 Å². The molecular weight excluding hydrogens is 705 g/mol. The van der Waals surface area contributed by atoms with Gasteiger partial charge in [-0.1, -0.05) is 152 Å². The summed E-state index contributed by atoms with van der Waals surface area (Å²) < 4.78 is 47.4. The number of hydrogen-bond acceptors (Lipinski definition) is 2. The van der Waals surface area contributed by atoms with E-state index in [1.165, 1.54) is 0 Å². The van der Waals surface area contributed by atoms with Gasteiger partial charge >= 0.3 is 0 Å². The Hall–Kier alpha value is -7.82. The molecule has 0 amide bonds. The zero-order valence-electron chi connectivity index (χ0n) is 36.0. The maximum atomic E-state index is 8.85. The van der Waals surface area contributed by atoms with Gasteiger partial charge in [-0.2, -0.15) is 0 Å². The second-order valence-corrected chi connectivity index (χ2v) is 14.7. The van der Waals surface area contributed by atoms with Crippen molar-refractivity contribution in [2.75, 3.05) is 0 Å². The summed E-state index contributed by atoms with van der Waals surface area (Å²) in [6.07, 6.45) is 0. The van der Waals surface area contributed by atoms with E-state index in [0.29, 0.717) is 22.7 Å². The number of fused-ring (bicyclic) bond motifs is 8. The molecule has 0 aliphatic heterocycles. The van der Waals surface area contributed by atoms with Gasteiger partial charge in [-0.25, -0.2) is 9.97 Å². The monoisotopic (exact) mass is 743 g/mol. The standard InChI is InChI=1S/C54H34N4/c1-4-14-35(15-5-1)39-25-29-46-48(31-39)55-53(41-26-28-44-43-22-12-13-23-49(43)57(50(44)34-41)42-20-8-3-9-21-42)56-54(46)58-51-33-40(36-16-6-2-7-17-36)24-27-45(51)47-30-37-18-10-11-19-38(37)32-52(47)58/h1-34H/i1D,4D,5D,14D,15D. The van der Waals surface area contributed by atoms with Crippen molar-refractivity contribution in [2.24, 2.45) is 0 Å². The van der Waals surface area contributed by atoms with E-state index in [0.717, 1.165) is 82.1 Å². The summed E-state index contributed by atoms with van der Waals surface area (Å²) in [5.74, 6) is 1.14. The summed E-state index contributed by atoms with van der Waals surface area (Å²) in [6, 6.07) is 58.8. The molecule has 0 N–H and O–H groups in total. The van der Waals surface area contributed by atoms with Crippen molar-refractivity contribution in [2.45, 2.75) is 0 Å². The van der Waals surface area contributed by atoms with Crippen LogP contribution in [0.15, 0.2) is 206 Å². The average molecular weight is 744 g/mol. The van der Waals surface area contributed by atoms with Crippen LogP contribution in [-0.2, 0) is 0 Å². The fourth-order valence-corrected chi connectivity index (χ4v) is 8.67. The van der Waals surface area contributed by atoms with Gasteiger partial charge in [0.05, 0.1) is 34.4 Å². The van der Waals surface area contributed by atoms with Crippen LogP contribution in [0.2, 0.25) is 0 Å². The van der Waals surface area contributed by atoms with Crippen molar-refractivity contribution in [3.05, 3.63) is 206 Å². The fourth-order valence-electron chi connectivity index (χ4n) is 8.67. The van der Waals surface area contributed by atoms with Gasteiger partial charge in [0, 0.05) is 38.2 Å². The zero-order chi connectivity index (χ0) is 42.5. The van der Waals surface area contributed by atoms with E-state index in [2.05, 4.69) is 130 Å². The second kappa shape index (κ2) is 12.9. The van der Waals surface area contributed by atoms with Gasteiger partial charge in [0.25, 0.3) is 0 Å². The van der Waals surface area contributed by atoms with Crippen LogP contribution in [0.5, 0.6) is 0 Å². The largest absolute Gasteiger partial charge is 0.309 e. The summed E-state index contributed by atoms with van der Waals surface area (Å²) in [5.41, 5.74) is 9.21. The molecule has 3 aromatic heterocycles. The van der Waals surface area contributed by atoms with Gasteiger partial charge in [0.15, 0.2) is 5.82 Å². The number of benzene rings is 9. The molecule has 0 radical (unpaired) electrons. The van der Waals surface area contributed by atoms with Gasteiger partial charge in [-0.15, -0.1) is 0 Å². The predicted molar refractivity (Wildman–Crippen MR) is 242 cm³/mol. The molecule has 0 aliphatic rings. The highest BCUT2D eigenvalue weighted by Gasteiger charge is 2.21. The quantitative estimate of drug-likeness (QED) is 0.176. The molecule has 12 aromatic rings. The Kier molecular flexibility index (Phi) is 6.15. The molecule has 12 rings (SSSR count). The lowest BCUT2D eigenvalue weighted by molar-refractivity contribution is 1.08. The van der Waals surface area contributed by atoms with E-state index in [-0.39, 0.29) is 29.7 Å². The molecule has 4 nitrogen and oxygen atoms in total. The highest BCUT2D eigenvalue weighted by molar-refractivity contribution is 6.15. The zero-order valence-corrected chi connectivity index (χ0v) is 31.0. The lowest BCUT2D eigenvalue weighted by atomic mass is 10.0. The van der Waals surface area contributed by atoms with Gasteiger partial charge < -0.3 is 4.57 Å². The molecule has 0 spiro atoms. The average Bonchev–Trinajstić information content (AvgIpc) is 3.83. The van der Waals surface area contributed by atoms with Crippen molar-refractivity contribution in [3.8, 4) is 45.1 Å². The summed E-state index contributed by atoms with van der Waals surface area (Å²) in [7, 11) is 0. The lowest BCUT2D eigenvalue weighted by Crippen LogP contribution is -2.03. The minimum atomic E-state index is -0.432. The van der Waals surface area contributed by atoms with E-state index < -0.39 is 6.04 Å². The first-order valence-corrected chi connectivity index (χ1v) is 19.3. The third kappa shape index (κ3) is 5.09. The predicted octanol–water partition coefficient (Wildman–Crippen LogP) is 14.0. The van der Waals surface area contributed by atoms with Gasteiger partial charge in [-0.05, 0) is 87.6 Å². The van der Waals surface area contributed by atoms with Crippen molar-refractivity contribution in [3.63, 3.8) is 0 Å². The fraction of sp³-hybridized carbons (Fsp3) is 0. The summed E-state index contributed by atoms with van der Waals surface area (Å²) >= 11 is 0. The first-order chi connectivity index (χ1) is 30.8. The maximum absolute atomic E-state index is 8.85. The van der Waals surface area contributed by atoms with Crippen LogP contribution in [-0.4, -0.2) is 19.1 Å². The molecule has 0 fully saturated rings. The number of nitrogens with zero attached hydrogens (tertiary/aromatic N) is 4. The topological polar surface area (TPSA) is 35.6 Å². The molecule has 0 atom stereocenters. The van der Waals surface area contributed by atoms with Crippen molar-refractivity contribution in [1.29, 1.82) is 0 Å². The molecular formula is C54H34N4. The maximum Gasteiger partial charge on any atom is 0.162 e. The van der Waals surface area contributed by atoms with Crippen LogP contribution >= 0.6 is 0 Å². The van der Waals surface area contributed by atoms with Crippen molar-refractivity contribution >= 4 is 65.3 Å². The molecule has 0 saturated heterocycles. The van der Waals surface area contributed by atoms with E-state index in [9.17, 15) is 0 Å². The van der Waals surface area contributed by atoms with E-state index in [4.69, 9.17) is 16.8 Å². The van der Waals surface area contributed by atoms with Gasteiger partial charge in [0.2, 0.25) is 0 Å². The molecule has 58 heavy (non-hydrogen) atoms. The van der Waals surface area contributed by atoms with Crippen molar-refractivity contribution < 1.29 is 6.85 Å². The minimum Gasteiger partial charge on any atom is -0.309 e. The first kappa shape index (κ1) is 27.7. The Bertz CT molecular complexity index is 3830. The first-order valence-electron chi connectivity index (χ1n) is 21.8. The van der Waals surface area contributed by atoms with Crippen LogP contribution in [0, 0.1) is 0 Å². The Morgan fingerprint density at radius 3 is 1.76 bits per heavy atom.